The number of fused-ring (bicyclic) bond motifs is 1. The number of benzene rings is 1. The molecule has 7 heteroatoms. The number of ether oxygens (including phenoxy) is 1. The quantitative estimate of drug-likeness (QED) is 0.762. The van der Waals surface area contributed by atoms with E-state index < -0.39 is 17.0 Å². The Morgan fingerprint density at radius 3 is 2.76 bits per heavy atom. The molecule has 21 heavy (non-hydrogen) atoms. The largest absolute Gasteiger partial charge is 0.507 e. The van der Waals surface area contributed by atoms with Gasteiger partial charge < -0.3 is 18.7 Å². The number of aromatic nitrogens is 1. The number of hydrogen-bond acceptors (Lipinski definition) is 7. The van der Waals surface area contributed by atoms with Crippen molar-refractivity contribution in [2.45, 2.75) is 0 Å². The molecule has 1 aromatic carbocycles. The Kier molecular flexibility index (Phi) is 2.94. The Bertz CT molecular complexity index is 940. The molecule has 0 fully saturated rings. The first-order valence-corrected chi connectivity index (χ1v) is 5.91. The van der Waals surface area contributed by atoms with Crippen molar-refractivity contribution in [3.63, 3.8) is 0 Å². The van der Waals surface area contributed by atoms with E-state index in [0.717, 1.165) is 6.07 Å². The molecule has 0 bridgehead atoms. The lowest BCUT2D eigenvalue weighted by molar-refractivity contribution is 0.414. The molecule has 2 aromatic heterocycles. The van der Waals surface area contributed by atoms with Crippen molar-refractivity contribution in [3.8, 4) is 23.0 Å². The van der Waals surface area contributed by atoms with E-state index in [4.69, 9.17) is 13.6 Å². The Morgan fingerprint density at radius 1 is 1.19 bits per heavy atom. The number of methoxy groups -OCH3 is 1. The number of aromatic hydroxyl groups is 1. The molecule has 0 radical (unpaired) electrons. The highest BCUT2D eigenvalue weighted by atomic mass is 16.5. The van der Waals surface area contributed by atoms with Crippen LogP contribution < -0.4 is 16.0 Å². The highest BCUT2D eigenvalue weighted by molar-refractivity contribution is 5.79. The van der Waals surface area contributed by atoms with Crippen molar-refractivity contribution in [1.29, 1.82) is 0 Å². The highest BCUT2D eigenvalue weighted by Crippen LogP contribution is 2.24. The van der Waals surface area contributed by atoms with Gasteiger partial charge in [0.1, 0.15) is 11.5 Å². The third-order valence-corrected chi connectivity index (χ3v) is 2.84. The monoisotopic (exact) mass is 287 g/mol. The summed E-state index contributed by atoms with van der Waals surface area (Å²) >= 11 is 0. The third-order valence-electron chi connectivity index (χ3n) is 2.84. The van der Waals surface area contributed by atoms with Gasteiger partial charge in [0, 0.05) is 5.56 Å². The van der Waals surface area contributed by atoms with Gasteiger partial charge in [0.2, 0.25) is 11.6 Å². The lowest BCUT2D eigenvalue weighted by Gasteiger charge is -2.03. The van der Waals surface area contributed by atoms with Crippen LogP contribution in [0.1, 0.15) is 0 Å². The summed E-state index contributed by atoms with van der Waals surface area (Å²) in [5, 5.41) is 9.32. The van der Waals surface area contributed by atoms with Gasteiger partial charge in [-0.25, -0.2) is 9.59 Å². The predicted molar refractivity (Wildman–Crippen MR) is 72.5 cm³/mol. The van der Waals surface area contributed by atoms with Crippen LogP contribution in [0.4, 0.5) is 0 Å². The third kappa shape index (κ3) is 2.25. The zero-order valence-corrected chi connectivity index (χ0v) is 10.8. The normalized spacial score (nSPS) is 10.7. The molecular formula is C14H9NO6. The Balaban J connectivity index is 2.30. The van der Waals surface area contributed by atoms with Gasteiger partial charge in [-0.05, 0) is 18.2 Å². The van der Waals surface area contributed by atoms with Crippen LogP contribution in [-0.4, -0.2) is 17.2 Å². The molecule has 1 N–H and O–H groups in total. The SMILES string of the molecule is COc1cccc(-c2nc3oc(=O)cc(O)c3c(=O)o2)c1. The summed E-state index contributed by atoms with van der Waals surface area (Å²) in [6, 6.07) is 7.46. The van der Waals surface area contributed by atoms with E-state index in [0.29, 0.717) is 11.3 Å². The molecule has 0 aliphatic carbocycles. The van der Waals surface area contributed by atoms with E-state index in [2.05, 4.69) is 4.98 Å². The maximum atomic E-state index is 11.9. The van der Waals surface area contributed by atoms with Crippen LogP contribution in [-0.2, 0) is 0 Å². The van der Waals surface area contributed by atoms with Crippen LogP contribution in [0.15, 0.2) is 48.8 Å². The number of hydrogen-bond donors (Lipinski definition) is 1. The van der Waals surface area contributed by atoms with Crippen molar-refractivity contribution in [2.75, 3.05) is 7.11 Å². The van der Waals surface area contributed by atoms with Crippen LogP contribution in [0.2, 0.25) is 0 Å². The molecule has 0 saturated heterocycles. The van der Waals surface area contributed by atoms with Crippen molar-refractivity contribution in [3.05, 3.63) is 51.2 Å². The second kappa shape index (κ2) is 4.78. The van der Waals surface area contributed by atoms with E-state index in [-0.39, 0.29) is 17.0 Å². The Labute approximate surface area is 117 Å². The second-order valence-corrected chi connectivity index (χ2v) is 4.17. The van der Waals surface area contributed by atoms with E-state index in [1.165, 1.54) is 7.11 Å². The van der Waals surface area contributed by atoms with E-state index in [9.17, 15) is 14.7 Å². The standard InChI is InChI=1S/C14H9NO6/c1-19-8-4-2-3-7(5-8)12-15-13-11(14(18)21-12)9(16)6-10(17)20-13/h2-6,16H,1H3. The zero-order chi connectivity index (χ0) is 15.0. The maximum absolute atomic E-state index is 11.9. The summed E-state index contributed by atoms with van der Waals surface area (Å²) in [5.41, 5.74) is -1.47. The summed E-state index contributed by atoms with van der Waals surface area (Å²) in [4.78, 5) is 27.1. The van der Waals surface area contributed by atoms with Crippen molar-refractivity contribution in [1.82, 2.24) is 4.98 Å². The van der Waals surface area contributed by atoms with Crippen LogP contribution in [0.25, 0.3) is 22.6 Å². The van der Waals surface area contributed by atoms with Crippen molar-refractivity contribution in [2.24, 2.45) is 0 Å². The maximum Gasteiger partial charge on any atom is 0.354 e. The molecule has 0 atom stereocenters. The van der Waals surface area contributed by atoms with Gasteiger partial charge >= 0.3 is 11.3 Å². The molecule has 0 aliphatic rings. The Hall–Kier alpha value is -3.09. The van der Waals surface area contributed by atoms with E-state index >= 15 is 0 Å². The molecule has 0 saturated carbocycles. The molecule has 0 unspecified atom stereocenters. The summed E-state index contributed by atoms with van der Waals surface area (Å²) in [6.45, 7) is 0. The zero-order valence-electron chi connectivity index (χ0n) is 10.8. The van der Waals surface area contributed by atoms with Gasteiger partial charge in [-0.2, -0.15) is 4.98 Å². The smallest absolute Gasteiger partial charge is 0.354 e. The van der Waals surface area contributed by atoms with Crippen molar-refractivity contribution >= 4 is 11.1 Å². The van der Waals surface area contributed by atoms with Gasteiger partial charge in [-0.1, -0.05) is 6.07 Å². The Morgan fingerprint density at radius 2 is 2.00 bits per heavy atom. The average molecular weight is 287 g/mol. The minimum Gasteiger partial charge on any atom is -0.507 e. The predicted octanol–water partition coefficient (Wildman–Crippen LogP) is 1.52. The van der Waals surface area contributed by atoms with Crippen molar-refractivity contribution < 1.29 is 18.7 Å². The first-order valence-electron chi connectivity index (χ1n) is 5.91. The number of rotatable bonds is 2. The second-order valence-electron chi connectivity index (χ2n) is 4.17. The molecule has 0 spiro atoms. The number of nitrogens with zero attached hydrogens (tertiary/aromatic N) is 1. The summed E-state index contributed by atoms with van der Waals surface area (Å²) in [5.74, 6) is -0.0192. The lowest BCUT2D eigenvalue weighted by Crippen LogP contribution is -2.07. The fraction of sp³-hybridized carbons (Fsp3) is 0.0714. The molecule has 7 nitrogen and oxygen atoms in total. The molecule has 2 heterocycles. The van der Waals surface area contributed by atoms with Gasteiger partial charge in [0.15, 0.2) is 5.39 Å². The first kappa shape index (κ1) is 12.9. The first-order chi connectivity index (χ1) is 10.1. The molecule has 0 aliphatic heterocycles. The summed E-state index contributed by atoms with van der Waals surface area (Å²) < 4.78 is 14.9. The molecule has 3 rings (SSSR count). The summed E-state index contributed by atoms with van der Waals surface area (Å²) in [6.07, 6.45) is 0. The van der Waals surface area contributed by atoms with Crippen LogP contribution in [0.3, 0.4) is 0 Å². The van der Waals surface area contributed by atoms with Crippen LogP contribution in [0.5, 0.6) is 11.5 Å². The fourth-order valence-electron chi connectivity index (χ4n) is 1.87. The minimum absolute atomic E-state index is 0.0415. The van der Waals surface area contributed by atoms with E-state index in [1.807, 2.05) is 0 Å². The molecule has 3 aromatic rings. The van der Waals surface area contributed by atoms with Gasteiger partial charge in [-0.15, -0.1) is 0 Å². The average Bonchev–Trinajstić information content (AvgIpc) is 2.46. The molecule has 106 valence electrons. The molecular weight excluding hydrogens is 278 g/mol. The van der Waals surface area contributed by atoms with Gasteiger partial charge in [0.25, 0.3) is 0 Å². The van der Waals surface area contributed by atoms with Crippen LogP contribution >= 0.6 is 0 Å². The molecule has 0 amide bonds. The van der Waals surface area contributed by atoms with Gasteiger partial charge in [0.05, 0.1) is 13.2 Å². The topological polar surface area (TPSA) is 103 Å². The minimum atomic E-state index is -0.848. The highest BCUT2D eigenvalue weighted by Gasteiger charge is 2.15. The van der Waals surface area contributed by atoms with Crippen LogP contribution in [0, 0.1) is 0 Å². The fourth-order valence-corrected chi connectivity index (χ4v) is 1.87. The van der Waals surface area contributed by atoms with E-state index in [1.54, 1.807) is 24.3 Å². The summed E-state index contributed by atoms with van der Waals surface area (Å²) in [7, 11) is 1.50. The lowest BCUT2D eigenvalue weighted by atomic mass is 10.2. The van der Waals surface area contributed by atoms with Gasteiger partial charge in [-0.3, -0.25) is 0 Å².